The Morgan fingerprint density at radius 2 is 1.96 bits per heavy atom. The highest BCUT2D eigenvalue weighted by Crippen LogP contribution is 2.19. The minimum absolute atomic E-state index is 0.0985. The Morgan fingerprint density at radius 3 is 2.70 bits per heavy atom. The van der Waals surface area contributed by atoms with E-state index in [9.17, 15) is 4.79 Å². The van der Waals surface area contributed by atoms with Crippen LogP contribution in [-0.2, 0) is 0 Å². The third kappa shape index (κ3) is 3.32. The van der Waals surface area contributed by atoms with Crippen LogP contribution in [0.1, 0.15) is 6.92 Å². The lowest BCUT2D eigenvalue weighted by atomic mass is 10.2. The molecular weight excluding hydrogens is 292 g/mol. The normalized spacial score (nSPS) is 12.1. The Morgan fingerprint density at radius 1 is 1.22 bits per heavy atom. The predicted octanol–water partition coefficient (Wildman–Crippen LogP) is 2.53. The molecule has 1 aromatic heterocycles. The molecule has 3 N–H and O–H groups in total. The van der Waals surface area contributed by atoms with Gasteiger partial charge in [0, 0.05) is 11.1 Å². The second kappa shape index (κ2) is 6.50. The first kappa shape index (κ1) is 15.1. The molecule has 23 heavy (non-hydrogen) atoms. The second-order valence-electron chi connectivity index (χ2n) is 5.34. The van der Waals surface area contributed by atoms with E-state index in [1.165, 1.54) is 0 Å². The van der Waals surface area contributed by atoms with E-state index in [0.717, 1.165) is 16.6 Å². The van der Waals surface area contributed by atoms with Gasteiger partial charge < -0.3 is 15.7 Å². The van der Waals surface area contributed by atoms with Gasteiger partial charge in [-0.1, -0.05) is 18.2 Å². The Balaban J connectivity index is 1.76. The van der Waals surface area contributed by atoms with Crippen molar-refractivity contribution in [2.75, 3.05) is 11.9 Å². The van der Waals surface area contributed by atoms with Crippen molar-refractivity contribution >= 4 is 22.6 Å². The molecule has 2 aromatic carbocycles. The number of para-hydroxylation sites is 1. The van der Waals surface area contributed by atoms with Crippen LogP contribution in [0.5, 0.6) is 0 Å². The van der Waals surface area contributed by atoms with Gasteiger partial charge in [-0.3, -0.25) is 0 Å². The van der Waals surface area contributed by atoms with Crippen molar-refractivity contribution in [3.63, 3.8) is 0 Å². The maximum atomic E-state index is 11.7. The summed E-state index contributed by atoms with van der Waals surface area (Å²) in [5.41, 5.74) is 2.62. The summed E-state index contributed by atoms with van der Waals surface area (Å²) in [5, 5.41) is 19.8. The molecule has 1 heterocycles. The van der Waals surface area contributed by atoms with E-state index >= 15 is 0 Å². The highest BCUT2D eigenvalue weighted by molar-refractivity contribution is 5.89. The molecule has 3 aromatic rings. The van der Waals surface area contributed by atoms with E-state index in [1.807, 2.05) is 59.4 Å². The van der Waals surface area contributed by atoms with Crippen LogP contribution in [0.2, 0.25) is 0 Å². The molecule has 2 amide bonds. The van der Waals surface area contributed by atoms with E-state index in [4.69, 9.17) is 5.11 Å². The third-order valence-corrected chi connectivity index (χ3v) is 3.50. The summed E-state index contributed by atoms with van der Waals surface area (Å²) in [4.78, 5) is 11.7. The lowest BCUT2D eigenvalue weighted by Crippen LogP contribution is -2.38. The van der Waals surface area contributed by atoms with E-state index in [2.05, 4.69) is 15.7 Å². The standard InChI is InChI=1S/C17H18N4O2/c1-12(11-22)19-17(23)20-14-6-8-15(9-7-14)21-16-5-3-2-4-13(16)10-18-21/h2-10,12,22H,11H2,1H3,(H2,19,20,23)/t12-/m1/s1. The zero-order chi connectivity index (χ0) is 16.2. The monoisotopic (exact) mass is 310 g/mol. The van der Waals surface area contributed by atoms with Gasteiger partial charge in [-0.2, -0.15) is 5.10 Å². The van der Waals surface area contributed by atoms with Gasteiger partial charge in [-0.25, -0.2) is 9.48 Å². The van der Waals surface area contributed by atoms with Crippen LogP contribution in [0, 0.1) is 0 Å². The molecule has 6 nitrogen and oxygen atoms in total. The summed E-state index contributed by atoms with van der Waals surface area (Å²) in [6.45, 7) is 1.63. The van der Waals surface area contributed by atoms with Gasteiger partial charge >= 0.3 is 6.03 Å². The van der Waals surface area contributed by atoms with Crippen LogP contribution < -0.4 is 10.6 Å². The average Bonchev–Trinajstić information content (AvgIpc) is 2.99. The second-order valence-corrected chi connectivity index (χ2v) is 5.34. The maximum Gasteiger partial charge on any atom is 0.319 e. The lowest BCUT2D eigenvalue weighted by Gasteiger charge is -2.12. The van der Waals surface area contributed by atoms with Crippen molar-refractivity contribution in [2.45, 2.75) is 13.0 Å². The highest BCUT2D eigenvalue weighted by atomic mass is 16.3. The number of aliphatic hydroxyl groups excluding tert-OH is 1. The molecular formula is C17H18N4O2. The summed E-state index contributed by atoms with van der Waals surface area (Å²) in [6.07, 6.45) is 1.82. The van der Waals surface area contributed by atoms with E-state index in [-0.39, 0.29) is 18.7 Å². The van der Waals surface area contributed by atoms with Crippen molar-refractivity contribution in [3.8, 4) is 5.69 Å². The van der Waals surface area contributed by atoms with Crippen molar-refractivity contribution < 1.29 is 9.90 Å². The first-order chi connectivity index (χ1) is 11.2. The number of amides is 2. The Kier molecular flexibility index (Phi) is 4.25. The van der Waals surface area contributed by atoms with Crippen LogP contribution >= 0.6 is 0 Å². The Bertz CT molecular complexity index is 811. The van der Waals surface area contributed by atoms with E-state index in [1.54, 1.807) is 6.92 Å². The third-order valence-electron chi connectivity index (χ3n) is 3.50. The van der Waals surface area contributed by atoms with Gasteiger partial charge in [-0.15, -0.1) is 0 Å². The quantitative estimate of drug-likeness (QED) is 0.693. The summed E-state index contributed by atoms with van der Waals surface area (Å²) >= 11 is 0. The number of aliphatic hydroxyl groups is 1. The fourth-order valence-electron chi connectivity index (χ4n) is 2.30. The fourth-order valence-corrected chi connectivity index (χ4v) is 2.30. The predicted molar refractivity (Wildman–Crippen MR) is 89.8 cm³/mol. The molecule has 0 saturated heterocycles. The number of benzene rings is 2. The first-order valence-electron chi connectivity index (χ1n) is 7.39. The van der Waals surface area contributed by atoms with E-state index < -0.39 is 0 Å². The molecule has 0 unspecified atom stereocenters. The molecule has 0 fully saturated rings. The van der Waals surface area contributed by atoms with Crippen LogP contribution in [0.25, 0.3) is 16.6 Å². The molecule has 0 radical (unpaired) electrons. The number of hydrogen-bond donors (Lipinski definition) is 3. The first-order valence-corrected chi connectivity index (χ1v) is 7.39. The molecule has 6 heteroatoms. The zero-order valence-electron chi connectivity index (χ0n) is 12.7. The summed E-state index contributed by atoms with van der Waals surface area (Å²) in [6, 6.07) is 14.8. The largest absolute Gasteiger partial charge is 0.394 e. The van der Waals surface area contributed by atoms with Gasteiger partial charge in [-0.05, 0) is 37.3 Å². The van der Waals surface area contributed by atoms with Crippen molar-refractivity contribution in [1.29, 1.82) is 0 Å². The molecule has 3 rings (SSSR count). The topological polar surface area (TPSA) is 79.2 Å². The lowest BCUT2D eigenvalue weighted by molar-refractivity contribution is 0.229. The summed E-state index contributed by atoms with van der Waals surface area (Å²) < 4.78 is 1.85. The van der Waals surface area contributed by atoms with Gasteiger partial charge in [0.15, 0.2) is 0 Å². The SMILES string of the molecule is C[C@H](CO)NC(=O)Nc1ccc(-n2ncc3ccccc32)cc1. The number of urea groups is 1. The van der Waals surface area contributed by atoms with Crippen LogP contribution in [-0.4, -0.2) is 33.6 Å². The molecule has 0 aliphatic heterocycles. The van der Waals surface area contributed by atoms with Crippen molar-refractivity contribution in [2.24, 2.45) is 0 Å². The number of nitrogens with one attached hydrogen (secondary N) is 2. The van der Waals surface area contributed by atoms with Gasteiger partial charge in [0.1, 0.15) is 0 Å². The van der Waals surface area contributed by atoms with Crippen molar-refractivity contribution in [3.05, 3.63) is 54.7 Å². The molecule has 0 aliphatic rings. The number of rotatable bonds is 4. The molecule has 0 spiro atoms. The smallest absolute Gasteiger partial charge is 0.319 e. The number of carbonyl (C=O) groups excluding carboxylic acids is 1. The fraction of sp³-hybridized carbons (Fsp3) is 0.176. The maximum absolute atomic E-state index is 11.7. The van der Waals surface area contributed by atoms with Gasteiger partial charge in [0.2, 0.25) is 0 Å². The highest BCUT2D eigenvalue weighted by Gasteiger charge is 2.07. The molecule has 0 bridgehead atoms. The summed E-state index contributed by atoms with van der Waals surface area (Å²) in [7, 11) is 0. The Hall–Kier alpha value is -2.86. The number of carbonyl (C=O) groups is 1. The van der Waals surface area contributed by atoms with Crippen LogP contribution in [0.4, 0.5) is 10.5 Å². The molecule has 1 atom stereocenters. The minimum atomic E-state index is -0.344. The van der Waals surface area contributed by atoms with Gasteiger partial charge in [0.25, 0.3) is 0 Å². The number of hydrogen-bond acceptors (Lipinski definition) is 3. The number of aromatic nitrogens is 2. The van der Waals surface area contributed by atoms with Crippen LogP contribution in [0.15, 0.2) is 54.7 Å². The molecule has 0 aliphatic carbocycles. The number of anilines is 1. The van der Waals surface area contributed by atoms with Crippen molar-refractivity contribution in [1.82, 2.24) is 15.1 Å². The Labute approximate surface area is 133 Å². The summed E-state index contributed by atoms with van der Waals surface area (Å²) in [5.74, 6) is 0. The number of fused-ring (bicyclic) bond motifs is 1. The van der Waals surface area contributed by atoms with Gasteiger partial charge in [0.05, 0.1) is 30.0 Å². The molecule has 118 valence electrons. The van der Waals surface area contributed by atoms with E-state index in [0.29, 0.717) is 5.69 Å². The molecule has 0 saturated carbocycles. The zero-order valence-corrected chi connectivity index (χ0v) is 12.7. The minimum Gasteiger partial charge on any atom is -0.394 e. The van der Waals surface area contributed by atoms with Crippen LogP contribution in [0.3, 0.4) is 0 Å². The number of nitrogens with zero attached hydrogens (tertiary/aromatic N) is 2. The average molecular weight is 310 g/mol.